The van der Waals surface area contributed by atoms with Crippen molar-refractivity contribution in [1.82, 2.24) is 0 Å². The van der Waals surface area contributed by atoms with Crippen LogP contribution in [0.4, 0.5) is 5.69 Å². The Bertz CT molecular complexity index is 467. The SMILES string of the molecule is NCC#Cc1cccc(NC(=O)C2CCC2)c1. The number of rotatable bonds is 2. The normalized spacial score (nSPS) is 14.4. The Labute approximate surface area is 101 Å². The molecule has 0 aromatic heterocycles. The van der Waals surface area contributed by atoms with E-state index in [1.165, 1.54) is 6.42 Å². The molecular formula is C14H16N2O. The lowest BCUT2D eigenvalue weighted by atomic mass is 9.85. The largest absolute Gasteiger partial charge is 0.326 e. The molecule has 88 valence electrons. The fourth-order valence-corrected chi connectivity index (χ4v) is 1.74. The standard InChI is InChI=1S/C14H16N2O/c15-9-3-5-11-4-1-8-13(10-11)16-14(17)12-6-2-7-12/h1,4,8,10,12H,2,6-7,9,15H2,(H,16,17). The van der Waals surface area contributed by atoms with Gasteiger partial charge < -0.3 is 11.1 Å². The van der Waals surface area contributed by atoms with Gasteiger partial charge in [0.15, 0.2) is 0 Å². The summed E-state index contributed by atoms with van der Waals surface area (Å²) >= 11 is 0. The van der Waals surface area contributed by atoms with Crippen LogP contribution in [0.15, 0.2) is 24.3 Å². The number of benzene rings is 1. The Morgan fingerprint density at radius 1 is 1.47 bits per heavy atom. The zero-order valence-electron chi connectivity index (χ0n) is 9.70. The fourth-order valence-electron chi connectivity index (χ4n) is 1.74. The van der Waals surface area contributed by atoms with Crippen molar-refractivity contribution in [2.45, 2.75) is 19.3 Å². The predicted octanol–water partition coefficient (Wildman–Crippen LogP) is 1.74. The molecule has 0 heterocycles. The molecule has 0 unspecified atom stereocenters. The summed E-state index contributed by atoms with van der Waals surface area (Å²) in [4.78, 5) is 11.8. The van der Waals surface area contributed by atoms with E-state index in [1.807, 2.05) is 24.3 Å². The molecule has 1 saturated carbocycles. The highest BCUT2D eigenvalue weighted by Gasteiger charge is 2.24. The fraction of sp³-hybridized carbons (Fsp3) is 0.357. The molecule has 0 bridgehead atoms. The van der Waals surface area contributed by atoms with Crippen LogP contribution >= 0.6 is 0 Å². The summed E-state index contributed by atoms with van der Waals surface area (Å²) in [7, 11) is 0. The van der Waals surface area contributed by atoms with E-state index in [2.05, 4.69) is 17.2 Å². The molecule has 1 fully saturated rings. The van der Waals surface area contributed by atoms with Crippen molar-refractivity contribution >= 4 is 11.6 Å². The van der Waals surface area contributed by atoms with Crippen molar-refractivity contribution in [2.75, 3.05) is 11.9 Å². The molecule has 3 heteroatoms. The second kappa shape index (κ2) is 5.51. The number of carbonyl (C=O) groups is 1. The van der Waals surface area contributed by atoms with Crippen LogP contribution in [0.2, 0.25) is 0 Å². The smallest absolute Gasteiger partial charge is 0.227 e. The molecule has 2 rings (SSSR count). The average molecular weight is 228 g/mol. The molecule has 0 aliphatic heterocycles. The molecular weight excluding hydrogens is 212 g/mol. The highest BCUT2D eigenvalue weighted by molar-refractivity contribution is 5.93. The minimum Gasteiger partial charge on any atom is -0.326 e. The minimum absolute atomic E-state index is 0.125. The van der Waals surface area contributed by atoms with Crippen molar-refractivity contribution in [1.29, 1.82) is 0 Å². The van der Waals surface area contributed by atoms with Crippen LogP contribution < -0.4 is 11.1 Å². The average Bonchev–Trinajstić information content (AvgIpc) is 2.24. The highest BCUT2D eigenvalue weighted by atomic mass is 16.1. The lowest BCUT2D eigenvalue weighted by Crippen LogP contribution is -2.28. The van der Waals surface area contributed by atoms with E-state index in [1.54, 1.807) is 0 Å². The molecule has 1 aliphatic rings. The number of anilines is 1. The molecule has 3 N–H and O–H groups in total. The van der Waals surface area contributed by atoms with Crippen LogP contribution in [0.3, 0.4) is 0 Å². The van der Waals surface area contributed by atoms with Crippen molar-refractivity contribution in [3.8, 4) is 11.8 Å². The number of hydrogen-bond acceptors (Lipinski definition) is 2. The van der Waals surface area contributed by atoms with Gasteiger partial charge in [0.25, 0.3) is 0 Å². The molecule has 0 saturated heterocycles. The maximum Gasteiger partial charge on any atom is 0.227 e. The second-order valence-corrected chi connectivity index (χ2v) is 4.20. The second-order valence-electron chi connectivity index (χ2n) is 4.20. The van der Waals surface area contributed by atoms with Gasteiger partial charge in [-0.1, -0.05) is 24.3 Å². The summed E-state index contributed by atoms with van der Waals surface area (Å²) in [5.74, 6) is 6.07. The van der Waals surface area contributed by atoms with Crippen molar-refractivity contribution < 1.29 is 4.79 Å². The van der Waals surface area contributed by atoms with E-state index in [9.17, 15) is 4.79 Å². The Balaban J connectivity index is 2.02. The minimum atomic E-state index is 0.125. The van der Waals surface area contributed by atoms with Crippen LogP contribution in [0.1, 0.15) is 24.8 Å². The van der Waals surface area contributed by atoms with Crippen molar-refractivity contribution in [3.05, 3.63) is 29.8 Å². The van der Waals surface area contributed by atoms with Gasteiger partial charge in [-0.05, 0) is 31.0 Å². The van der Waals surface area contributed by atoms with Gasteiger partial charge in [-0.15, -0.1) is 0 Å². The number of carbonyl (C=O) groups excluding carboxylic acids is 1. The number of amides is 1. The third-order valence-electron chi connectivity index (χ3n) is 2.94. The Morgan fingerprint density at radius 2 is 2.29 bits per heavy atom. The third-order valence-corrected chi connectivity index (χ3v) is 2.94. The Hall–Kier alpha value is -1.79. The zero-order valence-corrected chi connectivity index (χ0v) is 9.70. The van der Waals surface area contributed by atoms with Gasteiger partial charge >= 0.3 is 0 Å². The Morgan fingerprint density at radius 3 is 2.94 bits per heavy atom. The van der Waals surface area contributed by atoms with E-state index >= 15 is 0 Å². The molecule has 3 nitrogen and oxygen atoms in total. The first-order valence-corrected chi connectivity index (χ1v) is 5.89. The molecule has 1 aromatic rings. The van der Waals surface area contributed by atoms with Gasteiger partial charge in [-0.3, -0.25) is 4.79 Å². The van der Waals surface area contributed by atoms with Crippen LogP contribution in [-0.4, -0.2) is 12.5 Å². The molecule has 0 spiro atoms. The highest BCUT2D eigenvalue weighted by Crippen LogP contribution is 2.27. The van der Waals surface area contributed by atoms with Crippen LogP contribution in [0.5, 0.6) is 0 Å². The maximum atomic E-state index is 11.8. The predicted molar refractivity (Wildman–Crippen MR) is 68.3 cm³/mol. The summed E-state index contributed by atoms with van der Waals surface area (Å²) in [6, 6.07) is 7.54. The summed E-state index contributed by atoms with van der Waals surface area (Å²) < 4.78 is 0. The van der Waals surface area contributed by atoms with Gasteiger partial charge in [0.1, 0.15) is 0 Å². The summed E-state index contributed by atoms with van der Waals surface area (Å²) in [5.41, 5.74) is 7.00. The quantitative estimate of drug-likeness (QED) is 0.757. The number of hydrogen-bond donors (Lipinski definition) is 2. The third kappa shape index (κ3) is 3.08. The summed E-state index contributed by atoms with van der Waals surface area (Å²) in [6.45, 7) is 0.346. The lowest BCUT2D eigenvalue weighted by molar-refractivity contribution is -0.122. The van der Waals surface area contributed by atoms with Gasteiger partial charge in [0.2, 0.25) is 5.91 Å². The monoisotopic (exact) mass is 228 g/mol. The van der Waals surface area contributed by atoms with Gasteiger partial charge in [0, 0.05) is 17.2 Å². The van der Waals surface area contributed by atoms with Crippen LogP contribution in [-0.2, 0) is 4.79 Å². The molecule has 17 heavy (non-hydrogen) atoms. The molecule has 1 amide bonds. The van der Waals surface area contributed by atoms with E-state index in [0.29, 0.717) is 6.54 Å². The molecule has 0 atom stereocenters. The first-order valence-electron chi connectivity index (χ1n) is 5.89. The topological polar surface area (TPSA) is 55.1 Å². The van der Waals surface area contributed by atoms with E-state index in [-0.39, 0.29) is 11.8 Å². The first-order chi connectivity index (χ1) is 8.29. The van der Waals surface area contributed by atoms with Gasteiger partial charge in [0.05, 0.1) is 6.54 Å². The van der Waals surface area contributed by atoms with Crippen LogP contribution in [0.25, 0.3) is 0 Å². The van der Waals surface area contributed by atoms with Gasteiger partial charge in [-0.2, -0.15) is 0 Å². The van der Waals surface area contributed by atoms with E-state index < -0.39 is 0 Å². The van der Waals surface area contributed by atoms with Crippen molar-refractivity contribution in [3.63, 3.8) is 0 Å². The van der Waals surface area contributed by atoms with E-state index in [4.69, 9.17) is 5.73 Å². The lowest BCUT2D eigenvalue weighted by Gasteiger charge is -2.24. The van der Waals surface area contributed by atoms with E-state index in [0.717, 1.165) is 24.1 Å². The van der Waals surface area contributed by atoms with Gasteiger partial charge in [-0.25, -0.2) is 0 Å². The van der Waals surface area contributed by atoms with Crippen molar-refractivity contribution in [2.24, 2.45) is 11.7 Å². The number of nitrogens with one attached hydrogen (secondary N) is 1. The Kier molecular flexibility index (Phi) is 3.79. The molecule has 1 aliphatic carbocycles. The zero-order chi connectivity index (χ0) is 12.1. The summed E-state index contributed by atoms with van der Waals surface area (Å²) in [6.07, 6.45) is 3.19. The summed E-state index contributed by atoms with van der Waals surface area (Å²) in [5, 5.41) is 2.92. The molecule has 0 radical (unpaired) electrons. The number of nitrogens with two attached hydrogens (primary N) is 1. The maximum absolute atomic E-state index is 11.8. The first kappa shape index (κ1) is 11.7. The molecule has 1 aromatic carbocycles. The van der Waals surface area contributed by atoms with Crippen LogP contribution in [0, 0.1) is 17.8 Å².